The highest BCUT2D eigenvalue weighted by atomic mass is 16.4. The van der Waals surface area contributed by atoms with Gasteiger partial charge in [0.15, 0.2) is 0 Å². The van der Waals surface area contributed by atoms with Gasteiger partial charge in [-0.25, -0.2) is 0 Å². The van der Waals surface area contributed by atoms with Crippen LogP contribution in [-0.4, -0.2) is 27.7 Å². The Morgan fingerprint density at radius 1 is 0.750 bits per heavy atom. The first-order valence-corrected chi connectivity index (χ1v) is 9.66. The topological polar surface area (TPSA) is 101 Å². The summed E-state index contributed by atoms with van der Waals surface area (Å²) in [5.41, 5.74) is 4.46. The average Bonchev–Trinajstić information content (AvgIpc) is 2.53. The van der Waals surface area contributed by atoms with Gasteiger partial charge in [-0.1, -0.05) is 84.0 Å². The molecular formula is C19H37NO4. The van der Waals surface area contributed by atoms with Crippen LogP contribution in [0.15, 0.2) is 0 Å². The van der Waals surface area contributed by atoms with E-state index in [1.807, 2.05) is 0 Å². The molecule has 5 nitrogen and oxygen atoms in total. The van der Waals surface area contributed by atoms with Crippen LogP contribution >= 0.6 is 0 Å². The lowest BCUT2D eigenvalue weighted by molar-refractivity contribution is -0.145. The van der Waals surface area contributed by atoms with E-state index >= 15 is 0 Å². The van der Waals surface area contributed by atoms with E-state index in [9.17, 15) is 14.7 Å². The number of rotatable bonds is 17. The zero-order valence-electron chi connectivity index (χ0n) is 15.4. The van der Waals surface area contributed by atoms with Crippen molar-refractivity contribution in [1.29, 1.82) is 0 Å². The molecule has 0 radical (unpaired) electrons. The largest absolute Gasteiger partial charge is 0.481 e. The van der Waals surface area contributed by atoms with Gasteiger partial charge >= 0.3 is 11.9 Å². The van der Waals surface area contributed by atoms with E-state index in [1.54, 1.807) is 0 Å². The molecule has 142 valence electrons. The van der Waals surface area contributed by atoms with Crippen molar-refractivity contribution in [3.63, 3.8) is 0 Å². The molecule has 0 aliphatic carbocycles. The second-order valence-corrected chi connectivity index (χ2v) is 6.99. The maximum absolute atomic E-state index is 11.2. The summed E-state index contributed by atoms with van der Waals surface area (Å²) in [5, 5.41) is 17.9. The van der Waals surface area contributed by atoms with Crippen LogP contribution in [0.5, 0.6) is 0 Å². The van der Waals surface area contributed by atoms with Crippen LogP contribution in [0.1, 0.15) is 103 Å². The quantitative estimate of drug-likeness (QED) is 0.332. The predicted molar refractivity (Wildman–Crippen MR) is 97.1 cm³/mol. The monoisotopic (exact) mass is 343 g/mol. The smallest absolute Gasteiger partial charge is 0.323 e. The Bertz CT molecular complexity index is 346. The van der Waals surface area contributed by atoms with Crippen LogP contribution in [-0.2, 0) is 9.59 Å². The minimum atomic E-state index is -1.39. The lowest BCUT2D eigenvalue weighted by Gasteiger charge is -2.23. The number of carboxylic acid groups (broad SMARTS) is 2. The number of aliphatic carboxylic acids is 2. The molecule has 0 aromatic heterocycles. The molecule has 0 saturated carbocycles. The second-order valence-electron chi connectivity index (χ2n) is 6.99. The molecule has 0 aromatic carbocycles. The van der Waals surface area contributed by atoms with E-state index < -0.39 is 17.5 Å². The molecule has 0 fully saturated rings. The molecule has 0 aliphatic rings. The molecule has 0 amide bonds. The van der Waals surface area contributed by atoms with Gasteiger partial charge in [-0.3, -0.25) is 9.59 Å². The first kappa shape index (κ1) is 22.9. The molecule has 0 aromatic rings. The summed E-state index contributed by atoms with van der Waals surface area (Å²) < 4.78 is 0. The minimum absolute atomic E-state index is 0.00427. The maximum atomic E-state index is 11.2. The molecular weight excluding hydrogens is 306 g/mol. The van der Waals surface area contributed by atoms with Gasteiger partial charge in [0, 0.05) is 6.42 Å². The second kappa shape index (κ2) is 14.3. The van der Waals surface area contributed by atoms with Crippen molar-refractivity contribution in [3.05, 3.63) is 0 Å². The number of hydrogen-bond acceptors (Lipinski definition) is 3. The summed E-state index contributed by atoms with van der Waals surface area (Å²) in [6.45, 7) is 2.23. The zero-order valence-corrected chi connectivity index (χ0v) is 15.4. The van der Waals surface area contributed by atoms with Crippen LogP contribution < -0.4 is 5.73 Å². The summed E-state index contributed by atoms with van der Waals surface area (Å²) in [7, 11) is 0. The molecule has 0 saturated heterocycles. The van der Waals surface area contributed by atoms with Crippen molar-refractivity contribution >= 4 is 11.9 Å². The first-order chi connectivity index (χ1) is 11.4. The summed E-state index contributed by atoms with van der Waals surface area (Å²) >= 11 is 0. The number of hydrogen-bond donors (Lipinski definition) is 3. The van der Waals surface area contributed by atoms with E-state index in [0.29, 0.717) is 6.42 Å². The fourth-order valence-corrected chi connectivity index (χ4v) is 2.95. The van der Waals surface area contributed by atoms with Crippen molar-refractivity contribution in [2.45, 2.75) is 109 Å². The highest BCUT2D eigenvalue weighted by Gasteiger charge is 2.33. The standard InChI is InChI=1S/C19H37NO4/c1-2-3-4-5-6-7-8-9-10-11-12-13-15-19(20,18(23)24)16-14-17(21)22/h2-16,20H2,1H3,(H,21,22)(H,23,24). The third-order valence-electron chi connectivity index (χ3n) is 4.69. The SMILES string of the molecule is CCCCCCCCCCCCCCC(N)(CCC(=O)O)C(=O)O. The van der Waals surface area contributed by atoms with Crippen LogP contribution in [0.3, 0.4) is 0 Å². The molecule has 1 unspecified atom stereocenters. The Kier molecular flexibility index (Phi) is 13.6. The number of carboxylic acids is 2. The summed E-state index contributed by atoms with van der Waals surface area (Å²) in [6.07, 6.45) is 14.7. The van der Waals surface area contributed by atoms with Crippen molar-refractivity contribution in [2.24, 2.45) is 5.73 Å². The van der Waals surface area contributed by atoms with Crippen molar-refractivity contribution in [1.82, 2.24) is 0 Å². The highest BCUT2D eigenvalue weighted by molar-refractivity contribution is 5.79. The van der Waals surface area contributed by atoms with Gasteiger partial charge in [0.05, 0.1) is 0 Å². The molecule has 0 heterocycles. The normalized spacial score (nSPS) is 13.6. The predicted octanol–water partition coefficient (Wildman–Crippen LogP) is 4.72. The van der Waals surface area contributed by atoms with E-state index in [-0.39, 0.29) is 12.8 Å². The number of nitrogens with two attached hydrogens (primary N) is 1. The van der Waals surface area contributed by atoms with E-state index in [1.165, 1.54) is 57.8 Å². The zero-order chi connectivity index (χ0) is 18.3. The van der Waals surface area contributed by atoms with Gasteiger partial charge in [-0.15, -0.1) is 0 Å². The Hall–Kier alpha value is -1.10. The summed E-state index contributed by atoms with van der Waals surface area (Å²) in [4.78, 5) is 21.8. The molecule has 1 atom stereocenters. The molecule has 0 spiro atoms. The lowest BCUT2D eigenvalue weighted by Crippen LogP contribution is -2.48. The Labute approximate surface area is 147 Å². The minimum Gasteiger partial charge on any atom is -0.481 e. The highest BCUT2D eigenvalue weighted by Crippen LogP contribution is 2.20. The molecule has 4 N–H and O–H groups in total. The number of carbonyl (C=O) groups is 2. The van der Waals surface area contributed by atoms with Gasteiger partial charge in [0.2, 0.25) is 0 Å². The van der Waals surface area contributed by atoms with Gasteiger partial charge in [-0.2, -0.15) is 0 Å². The molecule has 0 rings (SSSR count). The molecule has 0 bridgehead atoms. The van der Waals surface area contributed by atoms with E-state index in [0.717, 1.165) is 19.3 Å². The van der Waals surface area contributed by atoms with Crippen LogP contribution in [0.25, 0.3) is 0 Å². The maximum Gasteiger partial charge on any atom is 0.323 e. The Balaban J connectivity index is 3.59. The van der Waals surface area contributed by atoms with Gasteiger partial charge in [0.25, 0.3) is 0 Å². The lowest BCUT2D eigenvalue weighted by atomic mass is 9.88. The summed E-state index contributed by atoms with van der Waals surface area (Å²) in [6, 6.07) is 0. The summed E-state index contributed by atoms with van der Waals surface area (Å²) in [5.74, 6) is -2.09. The van der Waals surface area contributed by atoms with Crippen molar-refractivity contribution < 1.29 is 19.8 Å². The van der Waals surface area contributed by atoms with Crippen LogP contribution in [0.2, 0.25) is 0 Å². The van der Waals surface area contributed by atoms with Crippen molar-refractivity contribution in [2.75, 3.05) is 0 Å². The Morgan fingerprint density at radius 3 is 1.54 bits per heavy atom. The molecule has 24 heavy (non-hydrogen) atoms. The average molecular weight is 344 g/mol. The van der Waals surface area contributed by atoms with Gasteiger partial charge < -0.3 is 15.9 Å². The molecule has 0 aliphatic heterocycles. The fourth-order valence-electron chi connectivity index (χ4n) is 2.95. The molecule has 5 heteroatoms. The first-order valence-electron chi connectivity index (χ1n) is 9.66. The third kappa shape index (κ3) is 12.3. The fraction of sp³-hybridized carbons (Fsp3) is 0.895. The van der Waals surface area contributed by atoms with E-state index in [4.69, 9.17) is 10.8 Å². The number of unbranched alkanes of at least 4 members (excludes halogenated alkanes) is 11. The van der Waals surface area contributed by atoms with Gasteiger partial charge in [0.1, 0.15) is 5.54 Å². The third-order valence-corrected chi connectivity index (χ3v) is 4.69. The Morgan fingerprint density at radius 2 is 1.17 bits per heavy atom. The van der Waals surface area contributed by atoms with E-state index in [2.05, 4.69) is 6.92 Å². The van der Waals surface area contributed by atoms with Crippen LogP contribution in [0.4, 0.5) is 0 Å². The van der Waals surface area contributed by atoms with Crippen LogP contribution in [0, 0.1) is 0 Å². The van der Waals surface area contributed by atoms with Gasteiger partial charge in [-0.05, 0) is 12.8 Å². The van der Waals surface area contributed by atoms with Crippen molar-refractivity contribution in [3.8, 4) is 0 Å².